The molecule has 4 aromatic rings. The van der Waals surface area contributed by atoms with E-state index in [1.807, 2.05) is 25.2 Å². The smallest absolute Gasteiger partial charge is 0.274 e. The Hall–Kier alpha value is -4.18. The summed E-state index contributed by atoms with van der Waals surface area (Å²) in [7, 11) is 1.99. The van der Waals surface area contributed by atoms with Crippen LogP contribution >= 0.6 is 0 Å². The number of benzene rings is 2. The summed E-state index contributed by atoms with van der Waals surface area (Å²) in [5.74, 6) is -0.174. The Morgan fingerprint density at radius 1 is 1.26 bits per heavy atom. The number of aliphatic hydroxyl groups is 1. The molecule has 0 saturated heterocycles. The fourth-order valence-corrected chi connectivity index (χ4v) is 4.17. The van der Waals surface area contributed by atoms with Gasteiger partial charge in [0.2, 0.25) is 0 Å². The Kier molecular flexibility index (Phi) is 5.96. The molecule has 1 atom stereocenters. The van der Waals surface area contributed by atoms with Gasteiger partial charge in [-0.1, -0.05) is 18.2 Å². The van der Waals surface area contributed by atoms with Crippen molar-refractivity contribution in [3.05, 3.63) is 82.2 Å². The number of hydrogen-bond acceptors (Lipinski definition) is 6. The second-order valence-corrected chi connectivity index (χ2v) is 8.40. The first-order valence-electron chi connectivity index (χ1n) is 11.2. The van der Waals surface area contributed by atoms with E-state index in [-0.39, 0.29) is 24.2 Å². The monoisotopic (exact) mass is 477 g/mol. The molecule has 0 bridgehead atoms. The maximum atomic E-state index is 13.3. The van der Waals surface area contributed by atoms with Crippen LogP contribution in [0.15, 0.2) is 59.5 Å². The van der Waals surface area contributed by atoms with Crippen molar-refractivity contribution in [1.29, 1.82) is 0 Å². The molecule has 10 heteroatoms. The molecule has 1 aliphatic rings. The van der Waals surface area contributed by atoms with Crippen molar-refractivity contribution in [2.75, 3.05) is 31.7 Å². The molecule has 0 spiro atoms. The van der Waals surface area contributed by atoms with Crippen LogP contribution in [0.3, 0.4) is 0 Å². The third-order valence-corrected chi connectivity index (χ3v) is 6.06. The number of anilines is 1. The Morgan fingerprint density at radius 2 is 2.06 bits per heavy atom. The fraction of sp³-hybridized carbons (Fsp3) is 0.240. The quantitative estimate of drug-likeness (QED) is 0.394. The Balaban J connectivity index is 1.43. The van der Waals surface area contributed by atoms with Crippen LogP contribution in [0.1, 0.15) is 28.5 Å². The number of halogens is 1. The van der Waals surface area contributed by atoms with E-state index in [4.69, 9.17) is 4.74 Å². The van der Waals surface area contributed by atoms with Gasteiger partial charge >= 0.3 is 0 Å². The molecule has 5 rings (SSSR count). The summed E-state index contributed by atoms with van der Waals surface area (Å²) in [4.78, 5) is 30.6. The van der Waals surface area contributed by atoms with Crippen molar-refractivity contribution in [1.82, 2.24) is 19.9 Å². The summed E-state index contributed by atoms with van der Waals surface area (Å²) in [6.45, 7) is 1.21. The van der Waals surface area contributed by atoms with Crippen LogP contribution in [-0.4, -0.2) is 52.4 Å². The normalized spacial score (nSPS) is 13.9. The first kappa shape index (κ1) is 22.6. The topological polar surface area (TPSA) is 112 Å². The number of hydrogen-bond donors (Lipinski definition) is 3. The minimum Gasteiger partial charge on any atom is -0.490 e. The van der Waals surface area contributed by atoms with Crippen molar-refractivity contribution in [3.8, 4) is 17.0 Å². The maximum Gasteiger partial charge on any atom is 0.274 e. The van der Waals surface area contributed by atoms with Gasteiger partial charge in [-0.2, -0.15) is 5.10 Å². The molecular weight excluding hydrogens is 453 g/mol. The predicted molar refractivity (Wildman–Crippen MR) is 128 cm³/mol. The highest BCUT2D eigenvalue weighted by Crippen LogP contribution is 2.34. The van der Waals surface area contributed by atoms with Crippen molar-refractivity contribution < 1.29 is 19.0 Å². The van der Waals surface area contributed by atoms with Crippen LogP contribution in [0.2, 0.25) is 0 Å². The summed E-state index contributed by atoms with van der Waals surface area (Å²) in [5.41, 5.74) is 2.77. The molecular formula is C25H24FN5O4. The summed E-state index contributed by atoms with van der Waals surface area (Å²) in [6, 6.07) is 12.2. The van der Waals surface area contributed by atoms with Crippen LogP contribution in [0.25, 0.3) is 16.8 Å². The average Bonchev–Trinajstić information content (AvgIpc) is 3.29. The van der Waals surface area contributed by atoms with Crippen molar-refractivity contribution in [2.45, 2.75) is 12.5 Å². The predicted octanol–water partition coefficient (Wildman–Crippen LogP) is 2.51. The van der Waals surface area contributed by atoms with Gasteiger partial charge in [0, 0.05) is 25.3 Å². The molecule has 0 saturated carbocycles. The van der Waals surface area contributed by atoms with E-state index in [0.29, 0.717) is 17.9 Å². The third-order valence-electron chi connectivity index (χ3n) is 6.06. The number of rotatable bonds is 6. The lowest BCUT2D eigenvalue weighted by Crippen LogP contribution is -2.29. The number of H-pyrrole nitrogens is 1. The van der Waals surface area contributed by atoms with Gasteiger partial charge in [-0.05, 0) is 36.2 Å². The summed E-state index contributed by atoms with van der Waals surface area (Å²) in [6.07, 6.45) is 1.89. The van der Waals surface area contributed by atoms with Crippen molar-refractivity contribution in [2.24, 2.45) is 0 Å². The molecule has 0 unspecified atom stereocenters. The number of aromatic amines is 1. The molecule has 0 radical (unpaired) electrons. The van der Waals surface area contributed by atoms with Crippen molar-refractivity contribution in [3.63, 3.8) is 0 Å². The van der Waals surface area contributed by atoms with Crippen LogP contribution in [0.4, 0.5) is 10.1 Å². The zero-order valence-electron chi connectivity index (χ0n) is 19.0. The lowest BCUT2D eigenvalue weighted by atomic mass is 10.0. The van der Waals surface area contributed by atoms with E-state index in [9.17, 15) is 19.1 Å². The third kappa shape index (κ3) is 4.47. The molecule has 9 nitrogen and oxygen atoms in total. The molecule has 0 fully saturated rings. The van der Waals surface area contributed by atoms with E-state index in [1.54, 1.807) is 18.3 Å². The lowest BCUT2D eigenvalue weighted by Gasteiger charge is -2.27. The van der Waals surface area contributed by atoms with Gasteiger partial charge in [-0.3, -0.25) is 9.59 Å². The van der Waals surface area contributed by atoms with Gasteiger partial charge in [0.15, 0.2) is 5.69 Å². The van der Waals surface area contributed by atoms with E-state index in [0.717, 1.165) is 23.5 Å². The summed E-state index contributed by atoms with van der Waals surface area (Å²) in [5, 5.41) is 16.5. The molecule has 0 aliphatic carbocycles. The van der Waals surface area contributed by atoms with Gasteiger partial charge in [0.05, 0.1) is 30.2 Å². The van der Waals surface area contributed by atoms with Gasteiger partial charge in [-0.25, -0.2) is 8.91 Å². The molecule has 1 amide bonds. The summed E-state index contributed by atoms with van der Waals surface area (Å²) < 4.78 is 20.4. The fourth-order valence-electron chi connectivity index (χ4n) is 4.17. The number of aromatic nitrogens is 3. The average molecular weight is 477 g/mol. The highest BCUT2D eigenvalue weighted by molar-refractivity contribution is 5.93. The van der Waals surface area contributed by atoms with Gasteiger partial charge in [0.25, 0.3) is 11.5 Å². The first-order chi connectivity index (χ1) is 16.9. The largest absolute Gasteiger partial charge is 0.490 e. The molecule has 35 heavy (non-hydrogen) atoms. The first-order valence-corrected chi connectivity index (χ1v) is 11.2. The number of carbonyl (C=O) groups is 1. The van der Waals surface area contributed by atoms with Crippen molar-refractivity contribution >= 4 is 17.1 Å². The van der Waals surface area contributed by atoms with Gasteiger partial charge < -0.3 is 25.0 Å². The number of likely N-dealkylation sites (N-methyl/N-ethyl adjacent to an activating group) is 1. The number of amides is 1. The minimum atomic E-state index is -0.541. The highest BCUT2D eigenvalue weighted by Gasteiger charge is 2.20. The number of carbonyl (C=O) groups excluding carboxylic acids is 1. The maximum absolute atomic E-state index is 13.3. The Morgan fingerprint density at radius 3 is 2.83 bits per heavy atom. The molecule has 2 aromatic carbocycles. The molecule has 3 heterocycles. The minimum absolute atomic E-state index is 0.0492. The molecule has 2 aromatic heterocycles. The molecule has 1 aliphatic heterocycles. The summed E-state index contributed by atoms with van der Waals surface area (Å²) >= 11 is 0. The van der Waals surface area contributed by atoms with Crippen LogP contribution in [0.5, 0.6) is 5.75 Å². The van der Waals surface area contributed by atoms with Crippen LogP contribution in [-0.2, 0) is 0 Å². The Bertz CT molecular complexity index is 1450. The zero-order chi connectivity index (χ0) is 24.5. The van der Waals surface area contributed by atoms with Gasteiger partial charge in [-0.15, -0.1) is 0 Å². The zero-order valence-corrected chi connectivity index (χ0v) is 19.0. The van der Waals surface area contributed by atoms with Crippen LogP contribution in [0, 0.1) is 5.82 Å². The number of fused-ring (bicyclic) bond motifs is 2. The van der Waals surface area contributed by atoms with E-state index in [2.05, 4.69) is 20.3 Å². The van der Waals surface area contributed by atoms with E-state index in [1.165, 1.54) is 22.7 Å². The number of nitrogens with zero attached hydrogens (tertiary/aromatic N) is 3. The number of ether oxygens (including phenoxy) is 1. The van der Waals surface area contributed by atoms with E-state index < -0.39 is 23.3 Å². The number of nitrogens with one attached hydrogen (secondary N) is 2. The second-order valence-electron chi connectivity index (χ2n) is 8.40. The standard InChI is InChI=1S/C25H24FN5O4/c1-30-9-11-35-23-12-16(4-7-21(23)30)20-14-31-22(25(34)28-20)13-19(29-31)24(33)27-18(8-10-32)15-2-5-17(26)6-3-15/h2-7,12-14,18,32H,8-11H2,1H3,(H,27,33)(H,28,34)/t18-/m1/s1. The highest BCUT2D eigenvalue weighted by atomic mass is 19.1. The van der Waals surface area contributed by atoms with Crippen LogP contribution < -0.4 is 20.5 Å². The van der Waals surface area contributed by atoms with Gasteiger partial charge in [0.1, 0.15) is 23.7 Å². The molecule has 3 N–H and O–H groups in total. The SMILES string of the molecule is CN1CCOc2cc(-c3cn4nc(C(=O)N[C@H](CCO)c5ccc(F)cc5)cc4c(=O)[nH]3)ccc21. The second kappa shape index (κ2) is 9.22. The Labute approximate surface area is 199 Å². The molecule has 180 valence electrons. The number of aliphatic hydroxyl groups excluding tert-OH is 1. The van der Waals surface area contributed by atoms with E-state index >= 15 is 0 Å². The lowest BCUT2D eigenvalue weighted by molar-refractivity contribution is 0.0924.